The molecular formula is C15H20N4O. The van der Waals surface area contributed by atoms with Gasteiger partial charge in [0.05, 0.1) is 5.69 Å². The van der Waals surface area contributed by atoms with Gasteiger partial charge in [0.15, 0.2) is 0 Å². The van der Waals surface area contributed by atoms with Gasteiger partial charge in [-0.1, -0.05) is 30.3 Å². The van der Waals surface area contributed by atoms with Crippen molar-refractivity contribution in [3.8, 4) is 0 Å². The molecule has 106 valence electrons. The fraction of sp³-hybridized carbons (Fsp3) is 0.333. The molecule has 1 heterocycles. The van der Waals surface area contributed by atoms with Crippen LogP contribution >= 0.6 is 0 Å². The van der Waals surface area contributed by atoms with Crippen LogP contribution in [0.15, 0.2) is 30.3 Å². The number of aryl methyl sites for hydroxylation is 2. The van der Waals surface area contributed by atoms with Gasteiger partial charge < -0.3 is 10.6 Å². The molecular weight excluding hydrogens is 252 g/mol. The molecule has 0 saturated heterocycles. The van der Waals surface area contributed by atoms with Gasteiger partial charge in [-0.05, 0) is 31.4 Å². The van der Waals surface area contributed by atoms with E-state index in [1.54, 1.807) is 0 Å². The smallest absolute Gasteiger partial charge is 0.315 e. The molecule has 5 nitrogen and oxygen atoms in total. The SMILES string of the molecule is Cc1n[nH]c(C)c1CCNC(=O)NCc1ccccc1. The number of urea groups is 1. The first kappa shape index (κ1) is 14.1. The molecule has 3 N–H and O–H groups in total. The Hall–Kier alpha value is -2.30. The lowest BCUT2D eigenvalue weighted by molar-refractivity contribution is 0.240. The fourth-order valence-corrected chi connectivity index (χ4v) is 2.08. The zero-order valence-corrected chi connectivity index (χ0v) is 11.9. The number of aromatic amines is 1. The lowest BCUT2D eigenvalue weighted by atomic mass is 10.1. The molecule has 5 heteroatoms. The second-order valence-electron chi connectivity index (χ2n) is 4.76. The Labute approximate surface area is 118 Å². The summed E-state index contributed by atoms with van der Waals surface area (Å²) in [5, 5.41) is 12.8. The Kier molecular flexibility index (Phi) is 4.76. The molecule has 0 aliphatic heterocycles. The van der Waals surface area contributed by atoms with E-state index >= 15 is 0 Å². The van der Waals surface area contributed by atoms with E-state index in [0.29, 0.717) is 13.1 Å². The summed E-state index contributed by atoms with van der Waals surface area (Å²) in [5.41, 5.74) is 4.32. The minimum Gasteiger partial charge on any atom is -0.338 e. The predicted octanol–water partition coefficient (Wildman–Crippen LogP) is 2.07. The molecule has 0 unspecified atom stereocenters. The Morgan fingerprint density at radius 1 is 1.20 bits per heavy atom. The highest BCUT2D eigenvalue weighted by atomic mass is 16.2. The number of amides is 2. The van der Waals surface area contributed by atoms with Crippen molar-refractivity contribution in [1.29, 1.82) is 0 Å². The van der Waals surface area contributed by atoms with Crippen molar-refractivity contribution in [1.82, 2.24) is 20.8 Å². The summed E-state index contributed by atoms with van der Waals surface area (Å²) in [4.78, 5) is 11.7. The van der Waals surface area contributed by atoms with Crippen molar-refractivity contribution in [2.24, 2.45) is 0 Å². The van der Waals surface area contributed by atoms with Gasteiger partial charge in [0.2, 0.25) is 0 Å². The number of benzene rings is 1. The van der Waals surface area contributed by atoms with Crippen molar-refractivity contribution >= 4 is 6.03 Å². The van der Waals surface area contributed by atoms with Crippen LogP contribution in [-0.4, -0.2) is 22.8 Å². The van der Waals surface area contributed by atoms with E-state index in [1.807, 2.05) is 44.2 Å². The number of hydrogen-bond donors (Lipinski definition) is 3. The summed E-state index contributed by atoms with van der Waals surface area (Å²) in [6, 6.07) is 9.70. The van der Waals surface area contributed by atoms with Crippen molar-refractivity contribution in [3.63, 3.8) is 0 Å². The zero-order chi connectivity index (χ0) is 14.4. The summed E-state index contributed by atoms with van der Waals surface area (Å²) in [6.07, 6.45) is 0.785. The van der Waals surface area contributed by atoms with Crippen LogP contribution in [0.4, 0.5) is 4.79 Å². The van der Waals surface area contributed by atoms with Gasteiger partial charge in [-0.25, -0.2) is 4.79 Å². The molecule has 0 spiro atoms. The first-order valence-corrected chi connectivity index (χ1v) is 6.73. The molecule has 0 aliphatic carbocycles. The Morgan fingerprint density at radius 2 is 1.95 bits per heavy atom. The van der Waals surface area contributed by atoms with Gasteiger partial charge in [-0.3, -0.25) is 5.10 Å². The summed E-state index contributed by atoms with van der Waals surface area (Å²) in [5.74, 6) is 0. The molecule has 20 heavy (non-hydrogen) atoms. The minimum absolute atomic E-state index is 0.146. The van der Waals surface area contributed by atoms with Crippen LogP contribution in [0.5, 0.6) is 0 Å². The number of nitrogens with zero attached hydrogens (tertiary/aromatic N) is 1. The third-order valence-electron chi connectivity index (χ3n) is 3.24. The summed E-state index contributed by atoms with van der Waals surface area (Å²) in [7, 11) is 0. The van der Waals surface area contributed by atoms with Crippen LogP contribution in [0.2, 0.25) is 0 Å². The van der Waals surface area contributed by atoms with Gasteiger partial charge in [-0.15, -0.1) is 0 Å². The Bertz CT molecular complexity index is 543. The summed E-state index contributed by atoms with van der Waals surface area (Å²) in [6.45, 7) is 5.09. The van der Waals surface area contributed by atoms with Gasteiger partial charge in [-0.2, -0.15) is 5.10 Å². The van der Waals surface area contributed by atoms with Crippen molar-refractivity contribution in [2.75, 3.05) is 6.54 Å². The molecule has 0 bridgehead atoms. The number of carbonyl (C=O) groups is 1. The van der Waals surface area contributed by atoms with E-state index in [2.05, 4.69) is 20.8 Å². The second-order valence-corrected chi connectivity index (χ2v) is 4.76. The van der Waals surface area contributed by atoms with Crippen LogP contribution in [0.1, 0.15) is 22.5 Å². The normalized spacial score (nSPS) is 10.3. The molecule has 2 amide bonds. The molecule has 0 aliphatic rings. The fourth-order valence-electron chi connectivity index (χ4n) is 2.08. The van der Waals surface area contributed by atoms with Crippen molar-refractivity contribution in [3.05, 3.63) is 52.8 Å². The van der Waals surface area contributed by atoms with Crippen LogP contribution in [-0.2, 0) is 13.0 Å². The van der Waals surface area contributed by atoms with Gasteiger partial charge in [0.25, 0.3) is 0 Å². The number of hydrogen-bond acceptors (Lipinski definition) is 2. The molecule has 0 saturated carbocycles. The Morgan fingerprint density at radius 3 is 2.60 bits per heavy atom. The van der Waals surface area contributed by atoms with E-state index in [1.165, 1.54) is 5.56 Å². The maximum Gasteiger partial charge on any atom is 0.315 e. The number of carbonyl (C=O) groups excluding carboxylic acids is 1. The highest BCUT2D eigenvalue weighted by Gasteiger charge is 2.06. The first-order chi connectivity index (χ1) is 9.66. The van der Waals surface area contributed by atoms with Crippen LogP contribution in [0.25, 0.3) is 0 Å². The number of nitrogens with one attached hydrogen (secondary N) is 3. The molecule has 0 radical (unpaired) electrons. The molecule has 1 aromatic heterocycles. The molecule has 0 fully saturated rings. The van der Waals surface area contributed by atoms with E-state index in [4.69, 9.17) is 0 Å². The number of aromatic nitrogens is 2. The third-order valence-corrected chi connectivity index (χ3v) is 3.24. The van der Waals surface area contributed by atoms with Gasteiger partial charge in [0, 0.05) is 18.8 Å². The maximum absolute atomic E-state index is 11.7. The lowest BCUT2D eigenvalue weighted by Crippen LogP contribution is -2.36. The van der Waals surface area contributed by atoms with Crippen LogP contribution in [0, 0.1) is 13.8 Å². The third kappa shape index (κ3) is 3.85. The zero-order valence-electron chi connectivity index (χ0n) is 11.9. The van der Waals surface area contributed by atoms with Crippen LogP contribution in [0.3, 0.4) is 0 Å². The average Bonchev–Trinajstić information content (AvgIpc) is 2.78. The molecule has 2 rings (SSSR count). The number of rotatable bonds is 5. The lowest BCUT2D eigenvalue weighted by Gasteiger charge is -2.08. The van der Waals surface area contributed by atoms with Gasteiger partial charge >= 0.3 is 6.03 Å². The largest absolute Gasteiger partial charge is 0.338 e. The van der Waals surface area contributed by atoms with E-state index in [-0.39, 0.29) is 6.03 Å². The highest BCUT2D eigenvalue weighted by Crippen LogP contribution is 2.08. The minimum atomic E-state index is -0.146. The van der Waals surface area contributed by atoms with Crippen molar-refractivity contribution < 1.29 is 4.79 Å². The highest BCUT2D eigenvalue weighted by molar-refractivity contribution is 5.73. The average molecular weight is 272 g/mol. The molecule has 1 aromatic carbocycles. The quantitative estimate of drug-likeness (QED) is 0.780. The van der Waals surface area contributed by atoms with Crippen molar-refractivity contribution in [2.45, 2.75) is 26.8 Å². The monoisotopic (exact) mass is 272 g/mol. The number of H-pyrrole nitrogens is 1. The van der Waals surface area contributed by atoms with Gasteiger partial charge in [0.1, 0.15) is 0 Å². The summed E-state index contributed by atoms with van der Waals surface area (Å²) < 4.78 is 0. The maximum atomic E-state index is 11.7. The molecule has 2 aromatic rings. The topological polar surface area (TPSA) is 69.8 Å². The first-order valence-electron chi connectivity index (χ1n) is 6.73. The molecule has 0 atom stereocenters. The Balaban J connectivity index is 1.71. The van der Waals surface area contributed by atoms with E-state index in [9.17, 15) is 4.79 Å². The van der Waals surface area contributed by atoms with E-state index < -0.39 is 0 Å². The van der Waals surface area contributed by atoms with E-state index in [0.717, 1.165) is 23.4 Å². The predicted molar refractivity (Wildman–Crippen MR) is 78.4 cm³/mol. The van der Waals surface area contributed by atoms with Crippen LogP contribution < -0.4 is 10.6 Å². The standard InChI is InChI=1S/C15H20N4O/c1-11-14(12(2)19-18-11)8-9-16-15(20)17-10-13-6-4-3-5-7-13/h3-7H,8-10H2,1-2H3,(H,18,19)(H2,16,17,20). The summed E-state index contributed by atoms with van der Waals surface area (Å²) >= 11 is 0. The second kappa shape index (κ2) is 6.75.